The average Bonchev–Trinajstić information content (AvgIpc) is 3.15. The number of Topliss-reactive ketones (excluding diaryl/α,β-unsaturated/α-hetero) is 1. The number of carbonyl (C=O) groups excluding carboxylic acids is 1. The summed E-state index contributed by atoms with van der Waals surface area (Å²) in [5, 5.41) is -1.22. The Kier molecular flexibility index (Phi) is 4.47. The molecule has 2 aliphatic carbocycles. The third-order valence-electron chi connectivity index (χ3n) is 6.49. The van der Waals surface area contributed by atoms with Gasteiger partial charge in [0.05, 0.1) is 4.90 Å². The van der Waals surface area contributed by atoms with Gasteiger partial charge in [0.25, 0.3) is 0 Å². The average molecular weight is 433 g/mol. The maximum Gasteiger partial charge on any atom is 0.191 e. The summed E-state index contributed by atoms with van der Waals surface area (Å²) in [4.78, 5) is 13.6. The summed E-state index contributed by atoms with van der Waals surface area (Å²) in [6.45, 7) is 8.24. The van der Waals surface area contributed by atoms with Gasteiger partial charge in [0.1, 0.15) is 12.2 Å². The van der Waals surface area contributed by atoms with Crippen molar-refractivity contribution >= 4 is 15.6 Å². The van der Waals surface area contributed by atoms with Crippen LogP contribution in [0.1, 0.15) is 27.7 Å². The predicted octanol–water partition coefficient (Wildman–Crippen LogP) is 4.58. The molecule has 2 fully saturated rings. The van der Waals surface area contributed by atoms with Crippen molar-refractivity contribution in [3.05, 3.63) is 99.2 Å². The topological polar surface area (TPSA) is 60.4 Å². The van der Waals surface area contributed by atoms with Crippen LogP contribution in [-0.4, -0.2) is 31.7 Å². The SMILES string of the molecule is CC1=CC(C)=C2C(C)=CC=C3C(=C2C(C)=C1)C1OC3C(S(=O)(=O)c2ccccc2)C1=O. The molecule has 1 aromatic rings. The summed E-state index contributed by atoms with van der Waals surface area (Å²) in [5.74, 6) is -0.369. The molecule has 5 rings (SSSR count). The van der Waals surface area contributed by atoms with Gasteiger partial charge in [-0.15, -0.1) is 0 Å². The Morgan fingerprint density at radius 1 is 0.871 bits per heavy atom. The number of sulfone groups is 1. The molecule has 0 saturated carbocycles. The van der Waals surface area contributed by atoms with E-state index in [9.17, 15) is 13.2 Å². The number of carbonyl (C=O) groups is 1. The lowest BCUT2D eigenvalue weighted by Gasteiger charge is -2.25. The van der Waals surface area contributed by atoms with Crippen molar-refractivity contribution in [2.45, 2.75) is 50.0 Å². The number of allylic oxidation sites excluding steroid dienone is 10. The number of benzene rings is 1. The van der Waals surface area contributed by atoms with Crippen LogP contribution < -0.4 is 0 Å². The molecule has 4 aliphatic rings. The minimum absolute atomic E-state index is 0.154. The summed E-state index contributed by atoms with van der Waals surface area (Å²) < 4.78 is 32.8. The van der Waals surface area contributed by atoms with E-state index >= 15 is 0 Å². The van der Waals surface area contributed by atoms with Gasteiger partial charge in [-0.2, -0.15) is 0 Å². The fourth-order valence-electron chi connectivity index (χ4n) is 5.28. The Labute approximate surface area is 182 Å². The van der Waals surface area contributed by atoms with E-state index in [2.05, 4.69) is 32.9 Å². The zero-order valence-corrected chi connectivity index (χ0v) is 18.8. The number of hydrogen-bond acceptors (Lipinski definition) is 4. The molecule has 3 unspecified atom stereocenters. The number of hydrogen-bond donors (Lipinski definition) is 0. The largest absolute Gasteiger partial charge is 0.356 e. The minimum Gasteiger partial charge on any atom is -0.356 e. The first-order chi connectivity index (χ1) is 14.7. The molecule has 1 aromatic carbocycles. The van der Waals surface area contributed by atoms with Crippen molar-refractivity contribution in [2.24, 2.45) is 0 Å². The predicted molar refractivity (Wildman–Crippen MR) is 120 cm³/mol. The lowest BCUT2D eigenvalue weighted by Crippen LogP contribution is -2.41. The first-order valence-electron chi connectivity index (χ1n) is 10.4. The van der Waals surface area contributed by atoms with Crippen LogP contribution in [0.25, 0.3) is 0 Å². The highest BCUT2D eigenvalue weighted by Gasteiger charge is 2.60. The summed E-state index contributed by atoms with van der Waals surface area (Å²) >= 11 is 0. The van der Waals surface area contributed by atoms with Gasteiger partial charge >= 0.3 is 0 Å². The lowest BCUT2D eigenvalue weighted by molar-refractivity contribution is -0.120. The number of fused-ring (bicyclic) bond motifs is 6. The Morgan fingerprint density at radius 2 is 1.58 bits per heavy atom. The van der Waals surface area contributed by atoms with E-state index in [1.165, 1.54) is 12.1 Å². The first-order valence-corrected chi connectivity index (χ1v) is 12.0. The van der Waals surface area contributed by atoms with Crippen molar-refractivity contribution < 1.29 is 17.9 Å². The Hall–Kier alpha value is -2.76. The van der Waals surface area contributed by atoms with E-state index in [4.69, 9.17) is 4.74 Å². The van der Waals surface area contributed by atoms with E-state index in [1.807, 2.05) is 19.1 Å². The maximum atomic E-state index is 13.4. The molecule has 5 heteroatoms. The fraction of sp³-hybridized carbons (Fsp3) is 0.269. The molecule has 0 amide bonds. The number of ether oxygens (including phenoxy) is 1. The standard InChI is InChI=1S/C26H24O4S/c1-14-12-16(3)20-15(2)10-11-19-22(21(20)17(4)13-14)25-23(27)26(24(19)30-25)31(28,29)18-8-6-5-7-9-18/h5-13,24-26H,1-4H3. The second-order valence-corrected chi connectivity index (χ2v) is 10.7. The summed E-state index contributed by atoms with van der Waals surface area (Å²) in [6, 6.07) is 8.18. The zero-order valence-electron chi connectivity index (χ0n) is 18.0. The highest BCUT2D eigenvalue weighted by molar-refractivity contribution is 7.93. The molecule has 2 bridgehead atoms. The summed E-state index contributed by atoms with van der Waals surface area (Å²) in [6.07, 6.45) is 6.57. The highest BCUT2D eigenvalue weighted by Crippen LogP contribution is 2.50. The van der Waals surface area contributed by atoms with Gasteiger partial charge in [-0.25, -0.2) is 8.42 Å². The van der Waals surface area contributed by atoms with Crippen molar-refractivity contribution in [3.8, 4) is 0 Å². The van der Waals surface area contributed by atoms with E-state index in [1.54, 1.807) is 18.2 Å². The first kappa shape index (κ1) is 20.2. The molecule has 158 valence electrons. The Balaban J connectivity index is 1.72. The van der Waals surface area contributed by atoms with Crippen molar-refractivity contribution in [2.75, 3.05) is 0 Å². The van der Waals surface area contributed by atoms with Gasteiger partial charge < -0.3 is 4.74 Å². The van der Waals surface area contributed by atoms with Crippen molar-refractivity contribution in [1.29, 1.82) is 0 Å². The molecular formula is C26H24O4S. The molecule has 0 N–H and O–H groups in total. The van der Waals surface area contributed by atoms with Crippen LogP contribution >= 0.6 is 0 Å². The Bertz CT molecular complexity index is 1310. The molecule has 2 aliphatic heterocycles. The van der Waals surface area contributed by atoms with Crippen LogP contribution in [0.4, 0.5) is 0 Å². The minimum atomic E-state index is -3.86. The Morgan fingerprint density at radius 3 is 2.29 bits per heavy atom. The van der Waals surface area contributed by atoms with Gasteiger partial charge in [-0.05, 0) is 73.3 Å². The molecule has 2 saturated heterocycles. The highest BCUT2D eigenvalue weighted by atomic mass is 32.2. The molecule has 4 nitrogen and oxygen atoms in total. The second kappa shape index (κ2) is 6.87. The molecule has 0 radical (unpaired) electrons. The van der Waals surface area contributed by atoms with Crippen LogP contribution in [0.3, 0.4) is 0 Å². The van der Waals surface area contributed by atoms with Gasteiger partial charge in [-0.1, -0.05) is 48.1 Å². The van der Waals surface area contributed by atoms with Gasteiger partial charge in [0.2, 0.25) is 0 Å². The monoisotopic (exact) mass is 432 g/mol. The molecule has 3 atom stereocenters. The van der Waals surface area contributed by atoms with Crippen LogP contribution in [0.2, 0.25) is 0 Å². The maximum absolute atomic E-state index is 13.4. The van der Waals surface area contributed by atoms with Crippen molar-refractivity contribution in [3.63, 3.8) is 0 Å². The molecule has 2 heterocycles. The fourth-order valence-corrected chi connectivity index (χ4v) is 7.08. The van der Waals surface area contributed by atoms with Crippen LogP contribution in [0.5, 0.6) is 0 Å². The summed E-state index contributed by atoms with van der Waals surface area (Å²) in [7, 11) is -3.86. The normalized spacial score (nSPS) is 27.7. The zero-order chi connectivity index (χ0) is 22.1. The number of rotatable bonds is 2. The van der Waals surface area contributed by atoms with Crippen LogP contribution in [0.15, 0.2) is 104 Å². The van der Waals surface area contributed by atoms with Crippen LogP contribution in [-0.2, 0) is 19.4 Å². The van der Waals surface area contributed by atoms with E-state index in [0.29, 0.717) is 0 Å². The van der Waals surface area contributed by atoms with E-state index in [-0.39, 0.29) is 10.7 Å². The van der Waals surface area contributed by atoms with E-state index < -0.39 is 27.3 Å². The smallest absolute Gasteiger partial charge is 0.191 e. The van der Waals surface area contributed by atoms with Gasteiger partial charge in [-0.3, -0.25) is 4.79 Å². The molecule has 0 aromatic heterocycles. The molecule has 31 heavy (non-hydrogen) atoms. The molecular weight excluding hydrogens is 408 g/mol. The quantitative estimate of drug-likeness (QED) is 0.686. The molecule has 0 spiro atoms. The third-order valence-corrected chi connectivity index (χ3v) is 8.56. The lowest BCUT2D eigenvalue weighted by atomic mass is 9.80. The van der Waals surface area contributed by atoms with Crippen LogP contribution in [0, 0.1) is 0 Å². The van der Waals surface area contributed by atoms with E-state index in [0.717, 1.165) is 44.6 Å². The number of ketones is 1. The third kappa shape index (κ3) is 2.83. The second-order valence-electron chi connectivity index (χ2n) is 8.65. The summed E-state index contributed by atoms with van der Waals surface area (Å²) in [5.41, 5.74) is 8.14. The van der Waals surface area contributed by atoms with Gasteiger partial charge in [0.15, 0.2) is 20.9 Å². The van der Waals surface area contributed by atoms with Gasteiger partial charge in [0, 0.05) is 5.57 Å². The van der Waals surface area contributed by atoms with Crippen molar-refractivity contribution in [1.82, 2.24) is 0 Å².